The molecular formula is C32H37N5. The summed E-state index contributed by atoms with van der Waals surface area (Å²) in [5.41, 5.74) is 13.8. The van der Waals surface area contributed by atoms with Gasteiger partial charge in [-0.15, -0.1) is 0 Å². The molecule has 0 fully saturated rings. The van der Waals surface area contributed by atoms with Gasteiger partial charge in [0.15, 0.2) is 0 Å². The normalized spacial score (nSPS) is 17.0. The van der Waals surface area contributed by atoms with Crippen molar-refractivity contribution in [2.45, 2.75) is 67.2 Å². The number of nitrogens with zero attached hydrogens (tertiary/aromatic N) is 2. The lowest BCUT2D eigenvalue weighted by atomic mass is 9.97. The second-order valence-corrected chi connectivity index (χ2v) is 9.71. The van der Waals surface area contributed by atoms with Crippen LogP contribution in [0.4, 0.5) is 11.4 Å². The topological polar surface area (TPSA) is 64.6 Å². The molecule has 5 heteroatoms. The molecule has 4 heterocycles. The van der Waals surface area contributed by atoms with Crippen molar-refractivity contribution in [3.63, 3.8) is 0 Å². The first kappa shape index (κ1) is 24.8. The van der Waals surface area contributed by atoms with Gasteiger partial charge in [-0.3, -0.25) is 0 Å². The quantitative estimate of drug-likeness (QED) is 0.462. The van der Waals surface area contributed by atoms with E-state index in [0.29, 0.717) is 0 Å². The fraction of sp³-hybridized carbons (Fsp3) is 0.312. The average molecular weight is 492 g/mol. The molecule has 6 bridgehead atoms. The SMILES string of the molecule is CCC1=C(C)C2=CNc3ccccc3NC=c3[nH]c(c(CC)c3C)=CC3=NC(=CC1=N2)C(CC)=C3CC. The van der Waals surface area contributed by atoms with Crippen molar-refractivity contribution in [3.05, 3.63) is 92.1 Å². The van der Waals surface area contributed by atoms with E-state index in [4.69, 9.17) is 9.98 Å². The van der Waals surface area contributed by atoms with Gasteiger partial charge in [0.25, 0.3) is 0 Å². The van der Waals surface area contributed by atoms with E-state index in [2.05, 4.69) is 87.6 Å². The summed E-state index contributed by atoms with van der Waals surface area (Å²) in [6.07, 6.45) is 12.3. The van der Waals surface area contributed by atoms with Crippen LogP contribution < -0.4 is 21.3 Å². The Bertz CT molecular complexity index is 1570. The molecule has 2 aromatic rings. The first-order valence-electron chi connectivity index (χ1n) is 13.5. The lowest BCUT2D eigenvalue weighted by Gasteiger charge is -2.09. The number of fused-ring (bicyclic) bond motifs is 5. The third kappa shape index (κ3) is 4.43. The number of hydrogen-bond donors (Lipinski definition) is 3. The molecule has 1 aromatic carbocycles. The van der Waals surface area contributed by atoms with Crippen LogP contribution in [-0.4, -0.2) is 16.4 Å². The number of anilines is 2. The first-order valence-corrected chi connectivity index (χ1v) is 13.5. The van der Waals surface area contributed by atoms with Crippen LogP contribution in [0.2, 0.25) is 0 Å². The molecular weight excluding hydrogens is 454 g/mol. The zero-order chi connectivity index (χ0) is 26.1. The number of aliphatic imine (C=N–C) groups is 2. The molecule has 5 nitrogen and oxygen atoms in total. The van der Waals surface area contributed by atoms with Gasteiger partial charge in [-0.05, 0) is 97.2 Å². The van der Waals surface area contributed by atoms with Crippen molar-refractivity contribution in [1.82, 2.24) is 4.98 Å². The molecule has 3 aliphatic heterocycles. The van der Waals surface area contributed by atoms with Crippen LogP contribution in [0.3, 0.4) is 0 Å². The van der Waals surface area contributed by atoms with Crippen LogP contribution in [0.1, 0.15) is 65.0 Å². The van der Waals surface area contributed by atoms with Gasteiger partial charge in [0.1, 0.15) is 0 Å². The van der Waals surface area contributed by atoms with Crippen molar-refractivity contribution in [2.24, 2.45) is 9.98 Å². The standard InChI is InChI=1S/C32H37N5/c1-7-21-19(5)31-17-33-25-13-11-12-14-26(25)34-18-32-20(6)22(8-2)28(37-32)16-30-24(10-4)23(9-3)29(35-30)15-27(21)36-31/h11-18,33-34,36H,7-10H2,1-6H3. The van der Waals surface area contributed by atoms with Gasteiger partial charge >= 0.3 is 0 Å². The molecule has 0 amide bonds. The van der Waals surface area contributed by atoms with Crippen molar-refractivity contribution in [3.8, 4) is 0 Å². The Morgan fingerprint density at radius 3 is 1.92 bits per heavy atom. The summed E-state index contributed by atoms with van der Waals surface area (Å²) in [5.74, 6) is 0. The number of aromatic amines is 1. The Morgan fingerprint density at radius 2 is 1.27 bits per heavy atom. The summed E-state index contributed by atoms with van der Waals surface area (Å²) in [6, 6.07) is 8.26. The van der Waals surface area contributed by atoms with Gasteiger partial charge in [0.2, 0.25) is 0 Å². The van der Waals surface area contributed by atoms with Gasteiger partial charge in [0.05, 0.1) is 39.5 Å². The van der Waals surface area contributed by atoms with E-state index in [-0.39, 0.29) is 0 Å². The number of rotatable bonds is 4. The van der Waals surface area contributed by atoms with Crippen LogP contribution in [-0.2, 0) is 6.42 Å². The summed E-state index contributed by atoms with van der Waals surface area (Å²) < 4.78 is 0. The molecule has 37 heavy (non-hydrogen) atoms. The van der Waals surface area contributed by atoms with Gasteiger partial charge in [0, 0.05) is 17.7 Å². The van der Waals surface area contributed by atoms with E-state index in [1.165, 1.54) is 33.4 Å². The van der Waals surface area contributed by atoms with Crippen LogP contribution in [0.25, 0.3) is 12.3 Å². The van der Waals surface area contributed by atoms with Crippen LogP contribution in [0, 0.1) is 6.92 Å². The Kier molecular flexibility index (Phi) is 6.88. The van der Waals surface area contributed by atoms with Crippen molar-refractivity contribution < 1.29 is 0 Å². The maximum absolute atomic E-state index is 5.19. The lowest BCUT2D eigenvalue weighted by molar-refractivity contribution is 1.05. The molecule has 0 radical (unpaired) electrons. The van der Waals surface area contributed by atoms with E-state index in [0.717, 1.165) is 70.6 Å². The zero-order valence-corrected chi connectivity index (χ0v) is 22.8. The van der Waals surface area contributed by atoms with Crippen molar-refractivity contribution >= 4 is 35.1 Å². The summed E-state index contributed by atoms with van der Waals surface area (Å²) >= 11 is 0. The summed E-state index contributed by atoms with van der Waals surface area (Å²) in [7, 11) is 0. The largest absolute Gasteiger partial charge is 0.358 e. The lowest BCUT2D eigenvalue weighted by Crippen LogP contribution is -2.15. The molecule has 190 valence electrons. The minimum atomic E-state index is 0.928. The molecule has 0 unspecified atom stereocenters. The fourth-order valence-electron chi connectivity index (χ4n) is 5.63. The van der Waals surface area contributed by atoms with Gasteiger partial charge in [-0.25, -0.2) is 9.98 Å². The smallest absolute Gasteiger partial charge is 0.0829 e. The van der Waals surface area contributed by atoms with E-state index < -0.39 is 0 Å². The summed E-state index contributed by atoms with van der Waals surface area (Å²) in [5, 5.41) is 9.26. The second-order valence-electron chi connectivity index (χ2n) is 9.71. The monoisotopic (exact) mass is 491 g/mol. The van der Waals surface area contributed by atoms with Gasteiger partial charge < -0.3 is 15.6 Å². The molecule has 0 aliphatic carbocycles. The zero-order valence-electron chi connectivity index (χ0n) is 22.8. The van der Waals surface area contributed by atoms with Gasteiger partial charge in [-0.1, -0.05) is 39.8 Å². The van der Waals surface area contributed by atoms with E-state index in [1.807, 2.05) is 18.3 Å². The molecule has 1 aromatic heterocycles. The van der Waals surface area contributed by atoms with E-state index in [9.17, 15) is 0 Å². The Balaban J connectivity index is 1.79. The molecule has 0 atom stereocenters. The fourth-order valence-corrected chi connectivity index (χ4v) is 5.63. The average Bonchev–Trinajstić information content (AvgIpc) is 3.50. The highest BCUT2D eigenvalue weighted by molar-refractivity contribution is 6.24. The molecule has 0 spiro atoms. The molecule has 0 saturated heterocycles. The Labute approximate surface area is 219 Å². The highest BCUT2D eigenvalue weighted by atomic mass is 15.0. The Morgan fingerprint density at radius 1 is 0.649 bits per heavy atom. The third-order valence-electron chi connectivity index (χ3n) is 7.69. The number of hydrogen-bond acceptors (Lipinski definition) is 4. The predicted molar refractivity (Wildman–Crippen MR) is 158 cm³/mol. The van der Waals surface area contributed by atoms with E-state index in [1.54, 1.807) is 0 Å². The summed E-state index contributed by atoms with van der Waals surface area (Å²) in [4.78, 5) is 13.9. The predicted octanol–water partition coefficient (Wildman–Crippen LogP) is 6.42. The van der Waals surface area contributed by atoms with E-state index >= 15 is 0 Å². The number of H-pyrrole nitrogens is 1. The van der Waals surface area contributed by atoms with Crippen molar-refractivity contribution in [2.75, 3.05) is 10.6 Å². The third-order valence-corrected chi connectivity index (χ3v) is 7.69. The maximum atomic E-state index is 5.19. The minimum Gasteiger partial charge on any atom is -0.358 e. The van der Waals surface area contributed by atoms with Crippen molar-refractivity contribution in [1.29, 1.82) is 0 Å². The second kappa shape index (κ2) is 10.3. The number of allylic oxidation sites excluding steroid dienone is 5. The highest BCUT2D eigenvalue weighted by Crippen LogP contribution is 2.34. The van der Waals surface area contributed by atoms with Gasteiger partial charge in [-0.2, -0.15) is 0 Å². The Hall–Kier alpha value is -3.86. The van der Waals surface area contributed by atoms with Crippen LogP contribution >= 0.6 is 0 Å². The minimum absolute atomic E-state index is 0.928. The molecule has 3 aliphatic rings. The number of para-hydroxylation sites is 2. The summed E-state index contributed by atoms with van der Waals surface area (Å²) in [6.45, 7) is 13.2. The number of aromatic nitrogens is 1. The maximum Gasteiger partial charge on any atom is 0.0829 e. The number of benzene rings is 1. The number of nitrogens with one attached hydrogen (secondary N) is 3. The highest BCUT2D eigenvalue weighted by Gasteiger charge is 2.24. The first-order chi connectivity index (χ1) is 18.0. The molecule has 0 saturated carbocycles. The van der Waals surface area contributed by atoms with Crippen LogP contribution in [0.5, 0.6) is 0 Å². The van der Waals surface area contributed by atoms with Crippen LogP contribution in [0.15, 0.2) is 80.2 Å². The molecule has 5 rings (SSSR count). The molecule has 3 N–H and O–H groups in total.